The molecule has 1 aliphatic heterocycles. The van der Waals surface area contributed by atoms with Crippen LogP contribution >= 0.6 is 0 Å². The zero-order valence-electron chi connectivity index (χ0n) is 8.88. The Hall–Kier alpha value is -1.31. The largest absolute Gasteiger partial charge is 0.493 e. The van der Waals surface area contributed by atoms with Crippen molar-refractivity contribution in [3.8, 4) is 5.75 Å². The molecule has 0 unspecified atom stereocenters. The molecule has 0 N–H and O–H groups in total. The molecule has 1 aromatic rings. The van der Waals surface area contributed by atoms with E-state index in [2.05, 4.69) is 0 Å². The Morgan fingerprint density at radius 3 is 2.80 bits per heavy atom. The van der Waals surface area contributed by atoms with Crippen molar-refractivity contribution < 1.29 is 9.53 Å². The Bertz CT molecular complexity index is 430. The Labute approximate surface area is 89.2 Å². The molecule has 2 heteroatoms. The van der Waals surface area contributed by atoms with Crippen LogP contribution in [-0.2, 0) is 5.41 Å². The van der Waals surface area contributed by atoms with Crippen LogP contribution in [0.4, 0.5) is 0 Å². The molecule has 0 aromatic heterocycles. The maximum Gasteiger partial charge on any atom is 0.159 e. The van der Waals surface area contributed by atoms with Gasteiger partial charge in [0.05, 0.1) is 6.61 Å². The number of carbonyl (C=O) groups excluding carboxylic acids is 1. The number of hydrogen-bond acceptors (Lipinski definition) is 2. The minimum Gasteiger partial charge on any atom is -0.493 e. The second-order valence-corrected chi connectivity index (χ2v) is 4.65. The van der Waals surface area contributed by atoms with Gasteiger partial charge in [-0.3, -0.25) is 4.79 Å². The fraction of sp³-hybridized carbons (Fsp3) is 0.462. The Kier molecular flexibility index (Phi) is 1.70. The number of ether oxygens (including phenoxy) is 1. The molecule has 2 aliphatic rings. The average molecular weight is 202 g/mol. The van der Waals surface area contributed by atoms with Crippen LogP contribution in [0, 0.1) is 0 Å². The number of benzene rings is 1. The molecule has 1 heterocycles. The summed E-state index contributed by atoms with van der Waals surface area (Å²) < 4.78 is 5.62. The van der Waals surface area contributed by atoms with Crippen molar-refractivity contribution in [3.63, 3.8) is 0 Å². The van der Waals surface area contributed by atoms with Gasteiger partial charge < -0.3 is 4.74 Å². The van der Waals surface area contributed by atoms with E-state index in [9.17, 15) is 4.79 Å². The molecule has 0 saturated heterocycles. The zero-order chi connectivity index (χ0) is 10.5. The van der Waals surface area contributed by atoms with Crippen LogP contribution in [0.3, 0.4) is 0 Å². The summed E-state index contributed by atoms with van der Waals surface area (Å²) in [6.07, 6.45) is 3.62. The van der Waals surface area contributed by atoms with Gasteiger partial charge in [0.2, 0.25) is 0 Å². The van der Waals surface area contributed by atoms with Gasteiger partial charge >= 0.3 is 0 Å². The SMILES string of the molecule is CC(=O)c1ccc2c(c1)C1(CCO2)CC1. The number of rotatable bonds is 1. The van der Waals surface area contributed by atoms with Crippen LogP contribution in [0.15, 0.2) is 18.2 Å². The minimum absolute atomic E-state index is 0.138. The second-order valence-electron chi connectivity index (χ2n) is 4.65. The van der Waals surface area contributed by atoms with Gasteiger partial charge in [-0.05, 0) is 44.4 Å². The lowest BCUT2D eigenvalue weighted by atomic mass is 9.88. The van der Waals surface area contributed by atoms with Gasteiger partial charge in [0, 0.05) is 16.5 Å². The van der Waals surface area contributed by atoms with E-state index in [1.54, 1.807) is 6.92 Å². The molecule has 2 nitrogen and oxygen atoms in total. The third kappa shape index (κ3) is 1.28. The molecule has 3 rings (SSSR count). The number of carbonyl (C=O) groups is 1. The third-order valence-electron chi connectivity index (χ3n) is 3.65. The summed E-state index contributed by atoms with van der Waals surface area (Å²) in [6.45, 7) is 2.44. The van der Waals surface area contributed by atoms with Gasteiger partial charge in [-0.25, -0.2) is 0 Å². The summed E-state index contributed by atoms with van der Waals surface area (Å²) in [5.74, 6) is 1.13. The first-order valence-electron chi connectivity index (χ1n) is 5.50. The van der Waals surface area contributed by atoms with E-state index in [0.717, 1.165) is 24.3 Å². The van der Waals surface area contributed by atoms with Gasteiger partial charge in [-0.1, -0.05) is 0 Å². The van der Waals surface area contributed by atoms with Crippen molar-refractivity contribution in [2.24, 2.45) is 0 Å². The Morgan fingerprint density at radius 2 is 2.13 bits per heavy atom. The lowest BCUT2D eigenvalue weighted by Crippen LogP contribution is -2.20. The van der Waals surface area contributed by atoms with Gasteiger partial charge in [0.1, 0.15) is 5.75 Å². The van der Waals surface area contributed by atoms with Crippen molar-refractivity contribution >= 4 is 5.78 Å². The van der Waals surface area contributed by atoms with Crippen molar-refractivity contribution in [1.82, 2.24) is 0 Å². The van der Waals surface area contributed by atoms with E-state index < -0.39 is 0 Å². The number of ketones is 1. The summed E-state index contributed by atoms with van der Waals surface area (Å²) in [4.78, 5) is 11.3. The van der Waals surface area contributed by atoms with E-state index in [4.69, 9.17) is 4.74 Å². The summed E-state index contributed by atoms with van der Waals surface area (Å²) >= 11 is 0. The van der Waals surface area contributed by atoms with Crippen LogP contribution in [0.2, 0.25) is 0 Å². The lowest BCUT2D eigenvalue weighted by Gasteiger charge is -2.25. The van der Waals surface area contributed by atoms with E-state index in [1.807, 2.05) is 18.2 Å². The Balaban J connectivity index is 2.12. The molecule has 0 radical (unpaired) electrons. The summed E-state index contributed by atoms with van der Waals surface area (Å²) in [6, 6.07) is 5.84. The highest BCUT2D eigenvalue weighted by molar-refractivity contribution is 5.94. The van der Waals surface area contributed by atoms with Crippen LogP contribution in [0.25, 0.3) is 0 Å². The molecule has 1 aliphatic carbocycles. The summed E-state index contributed by atoms with van der Waals surface area (Å²) in [5.41, 5.74) is 2.44. The molecule has 0 amide bonds. The van der Waals surface area contributed by atoms with E-state index in [1.165, 1.54) is 18.4 Å². The lowest BCUT2D eigenvalue weighted by molar-refractivity contribution is 0.101. The van der Waals surface area contributed by atoms with Crippen LogP contribution < -0.4 is 4.74 Å². The van der Waals surface area contributed by atoms with Gasteiger partial charge in [0.15, 0.2) is 5.78 Å². The van der Waals surface area contributed by atoms with Crippen LogP contribution in [0.5, 0.6) is 5.75 Å². The van der Waals surface area contributed by atoms with Crippen molar-refractivity contribution in [2.45, 2.75) is 31.6 Å². The maximum absolute atomic E-state index is 11.3. The zero-order valence-corrected chi connectivity index (χ0v) is 8.88. The summed E-state index contributed by atoms with van der Waals surface area (Å²) in [7, 11) is 0. The van der Waals surface area contributed by atoms with Crippen molar-refractivity contribution in [3.05, 3.63) is 29.3 Å². The maximum atomic E-state index is 11.3. The number of hydrogen-bond donors (Lipinski definition) is 0. The molecular formula is C13H14O2. The molecule has 15 heavy (non-hydrogen) atoms. The Morgan fingerprint density at radius 1 is 1.33 bits per heavy atom. The fourth-order valence-electron chi connectivity index (χ4n) is 2.45. The number of fused-ring (bicyclic) bond motifs is 2. The molecular weight excluding hydrogens is 188 g/mol. The van der Waals surface area contributed by atoms with E-state index in [0.29, 0.717) is 5.41 Å². The van der Waals surface area contributed by atoms with E-state index in [-0.39, 0.29) is 5.78 Å². The first-order chi connectivity index (χ1) is 7.21. The standard InChI is InChI=1S/C13H14O2/c1-9(14)10-2-3-12-11(8-10)13(4-5-13)6-7-15-12/h2-3,8H,4-7H2,1H3. The molecule has 1 aromatic carbocycles. The molecule has 1 saturated carbocycles. The van der Waals surface area contributed by atoms with Crippen molar-refractivity contribution in [2.75, 3.05) is 6.61 Å². The van der Waals surface area contributed by atoms with Gasteiger partial charge in [-0.15, -0.1) is 0 Å². The molecule has 78 valence electrons. The first kappa shape index (κ1) is 8.96. The van der Waals surface area contributed by atoms with Crippen LogP contribution in [0.1, 0.15) is 42.1 Å². The quantitative estimate of drug-likeness (QED) is 0.654. The normalized spacial score (nSPS) is 20.6. The van der Waals surface area contributed by atoms with Crippen molar-refractivity contribution in [1.29, 1.82) is 0 Å². The smallest absolute Gasteiger partial charge is 0.159 e. The molecule has 0 atom stereocenters. The van der Waals surface area contributed by atoms with Gasteiger partial charge in [-0.2, -0.15) is 0 Å². The minimum atomic E-state index is 0.138. The summed E-state index contributed by atoms with van der Waals surface area (Å²) in [5, 5.41) is 0. The highest BCUT2D eigenvalue weighted by Crippen LogP contribution is 2.55. The predicted molar refractivity (Wildman–Crippen MR) is 57.5 cm³/mol. The highest BCUT2D eigenvalue weighted by Gasteiger charge is 2.47. The molecule has 0 bridgehead atoms. The van der Waals surface area contributed by atoms with Crippen LogP contribution in [-0.4, -0.2) is 12.4 Å². The topological polar surface area (TPSA) is 26.3 Å². The number of Topliss-reactive ketones (excluding diaryl/α,β-unsaturated/α-hetero) is 1. The van der Waals surface area contributed by atoms with Gasteiger partial charge in [0.25, 0.3) is 0 Å². The first-order valence-corrected chi connectivity index (χ1v) is 5.50. The monoisotopic (exact) mass is 202 g/mol. The third-order valence-corrected chi connectivity index (χ3v) is 3.65. The molecule has 1 spiro atoms. The van der Waals surface area contributed by atoms with E-state index >= 15 is 0 Å². The predicted octanol–water partition coefficient (Wildman–Crippen LogP) is 2.70. The fourth-order valence-corrected chi connectivity index (χ4v) is 2.45. The molecule has 1 fully saturated rings. The second kappa shape index (κ2) is 2.84. The highest BCUT2D eigenvalue weighted by atomic mass is 16.5. The average Bonchev–Trinajstić information content (AvgIpc) is 2.99.